The van der Waals surface area contributed by atoms with Gasteiger partial charge in [-0.05, 0) is 93.3 Å². The summed E-state index contributed by atoms with van der Waals surface area (Å²) in [5.41, 5.74) is 5.87. The van der Waals surface area contributed by atoms with Gasteiger partial charge in [0.2, 0.25) is 0 Å². The number of hydrogen-bond donors (Lipinski definition) is 0. The van der Waals surface area contributed by atoms with E-state index in [0.717, 1.165) is 17.1 Å². The molecule has 0 amide bonds. The summed E-state index contributed by atoms with van der Waals surface area (Å²) in [4.78, 5) is 2.33. The highest BCUT2D eigenvalue weighted by Gasteiger charge is 2.13. The van der Waals surface area contributed by atoms with E-state index in [-0.39, 0.29) is 0 Å². The van der Waals surface area contributed by atoms with Gasteiger partial charge in [-0.3, -0.25) is 0 Å². The first kappa shape index (κ1) is 23.0. The van der Waals surface area contributed by atoms with Crippen molar-refractivity contribution in [2.45, 2.75) is 0 Å². The topological polar surface area (TPSA) is 3.24 Å². The van der Waals surface area contributed by atoms with Crippen LogP contribution in [-0.4, -0.2) is 0 Å². The molecule has 0 saturated heterocycles. The Morgan fingerprint density at radius 1 is 0.350 bits per heavy atom. The average molecular weight is 528 g/mol. The number of benzene rings is 7. The fraction of sp³-hybridized carbons (Fsp3) is 0. The Morgan fingerprint density at radius 3 is 1.88 bits per heavy atom. The summed E-state index contributed by atoms with van der Waals surface area (Å²) in [7, 11) is 0. The molecule has 0 aliphatic heterocycles. The van der Waals surface area contributed by atoms with Gasteiger partial charge in [-0.15, -0.1) is 11.3 Å². The fourth-order valence-corrected chi connectivity index (χ4v) is 6.93. The molecular weight excluding hydrogens is 502 g/mol. The first-order valence-electron chi connectivity index (χ1n) is 13.6. The lowest BCUT2D eigenvalue weighted by Crippen LogP contribution is -2.09. The molecule has 0 spiro atoms. The molecule has 0 aliphatic carbocycles. The smallest absolute Gasteiger partial charge is 0.0468 e. The molecule has 7 aromatic carbocycles. The molecule has 0 saturated carbocycles. The summed E-state index contributed by atoms with van der Waals surface area (Å²) >= 11 is 1.87. The molecule has 188 valence electrons. The number of anilines is 3. The molecule has 0 unspecified atom stereocenters. The Kier molecular flexibility index (Phi) is 5.39. The number of fused-ring (bicyclic) bond motifs is 5. The van der Waals surface area contributed by atoms with E-state index in [1.54, 1.807) is 0 Å². The average Bonchev–Trinajstić information content (AvgIpc) is 3.38. The van der Waals surface area contributed by atoms with Gasteiger partial charge in [-0.25, -0.2) is 0 Å². The SMILES string of the molecule is c1ccc(N(c2ccc(-c3ccc4cc5sc6ccccc6c5cc4c3)cc2)c2ccc3ccccc3c2)cc1. The maximum atomic E-state index is 2.36. The van der Waals surface area contributed by atoms with Crippen molar-refractivity contribution in [3.63, 3.8) is 0 Å². The van der Waals surface area contributed by atoms with Crippen LogP contribution in [0.5, 0.6) is 0 Å². The second-order valence-electron chi connectivity index (χ2n) is 10.3. The number of nitrogens with zero attached hydrogens (tertiary/aromatic N) is 1. The van der Waals surface area contributed by atoms with E-state index in [0.29, 0.717) is 0 Å². The van der Waals surface area contributed by atoms with Gasteiger partial charge in [0.15, 0.2) is 0 Å². The van der Waals surface area contributed by atoms with Crippen LogP contribution < -0.4 is 4.90 Å². The van der Waals surface area contributed by atoms with E-state index in [1.807, 2.05) is 11.3 Å². The molecule has 2 heteroatoms. The largest absolute Gasteiger partial charge is 0.310 e. The predicted octanol–water partition coefficient (Wildman–Crippen LogP) is 11.5. The van der Waals surface area contributed by atoms with E-state index in [9.17, 15) is 0 Å². The second kappa shape index (κ2) is 9.37. The van der Waals surface area contributed by atoms with Crippen molar-refractivity contribution < 1.29 is 0 Å². The van der Waals surface area contributed by atoms with Gasteiger partial charge in [-0.2, -0.15) is 0 Å². The number of rotatable bonds is 4. The second-order valence-corrected chi connectivity index (χ2v) is 11.3. The molecule has 0 radical (unpaired) electrons. The van der Waals surface area contributed by atoms with Crippen molar-refractivity contribution in [2.24, 2.45) is 0 Å². The van der Waals surface area contributed by atoms with Gasteiger partial charge < -0.3 is 4.90 Å². The van der Waals surface area contributed by atoms with Crippen molar-refractivity contribution in [3.8, 4) is 11.1 Å². The first-order valence-corrected chi connectivity index (χ1v) is 14.4. The lowest BCUT2D eigenvalue weighted by Gasteiger charge is -2.26. The molecule has 8 aromatic rings. The summed E-state index contributed by atoms with van der Waals surface area (Å²) in [6.07, 6.45) is 0. The summed E-state index contributed by atoms with van der Waals surface area (Å²) in [6, 6.07) is 55.0. The summed E-state index contributed by atoms with van der Waals surface area (Å²) in [5.74, 6) is 0. The van der Waals surface area contributed by atoms with Crippen LogP contribution in [0.1, 0.15) is 0 Å². The minimum atomic E-state index is 1.14. The molecule has 1 aromatic heterocycles. The van der Waals surface area contributed by atoms with E-state index >= 15 is 0 Å². The molecule has 8 rings (SSSR count). The van der Waals surface area contributed by atoms with Gasteiger partial charge in [0.1, 0.15) is 0 Å². The normalized spacial score (nSPS) is 11.5. The van der Waals surface area contributed by atoms with Gasteiger partial charge >= 0.3 is 0 Å². The van der Waals surface area contributed by atoms with E-state index in [2.05, 4.69) is 157 Å². The monoisotopic (exact) mass is 527 g/mol. The number of hydrogen-bond acceptors (Lipinski definition) is 2. The molecule has 1 heterocycles. The van der Waals surface area contributed by atoms with E-state index in [1.165, 1.54) is 52.8 Å². The molecule has 40 heavy (non-hydrogen) atoms. The first-order chi connectivity index (χ1) is 19.8. The number of thiophene rings is 1. The Bertz CT molecular complexity index is 2160. The summed E-state index contributed by atoms with van der Waals surface area (Å²) < 4.78 is 2.69. The lowest BCUT2D eigenvalue weighted by atomic mass is 9.99. The van der Waals surface area contributed by atoms with Crippen LogP contribution in [0.4, 0.5) is 17.1 Å². The van der Waals surface area contributed by atoms with Crippen LogP contribution >= 0.6 is 11.3 Å². The highest BCUT2D eigenvalue weighted by Crippen LogP contribution is 2.39. The van der Waals surface area contributed by atoms with Crippen LogP contribution in [0, 0.1) is 0 Å². The van der Waals surface area contributed by atoms with Crippen LogP contribution in [0.15, 0.2) is 152 Å². The summed E-state index contributed by atoms with van der Waals surface area (Å²) in [6.45, 7) is 0. The number of para-hydroxylation sites is 1. The third kappa shape index (κ3) is 3.93. The van der Waals surface area contributed by atoms with Crippen LogP contribution in [0.2, 0.25) is 0 Å². The molecule has 0 atom stereocenters. The fourth-order valence-electron chi connectivity index (χ4n) is 5.79. The van der Waals surface area contributed by atoms with E-state index < -0.39 is 0 Å². The van der Waals surface area contributed by atoms with Crippen molar-refractivity contribution in [1.29, 1.82) is 0 Å². The predicted molar refractivity (Wildman–Crippen MR) is 174 cm³/mol. The third-order valence-corrected chi connectivity index (χ3v) is 8.93. The molecule has 0 fully saturated rings. The van der Waals surface area contributed by atoms with Crippen molar-refractivity contribution in [3.05, 3.63) is 152 Å². The summed E-state index contributed by atoms with van der Waals surface area (Å²) in [5, 5.41) is 7.73. The quantitative estimate of drug-likeness (QED) is 0.220. The maximum absolute atomic E-state index is 2.36. The Labute approximate surface area is 237 Å². The zero-order valence-electron chi connectivity index (χ0n) is 21.8. The lowest BCUT2D eigenvalue weighted by molar-refractivity contribution is 1.29. The Morgan fingerprint density at radius 2 is 1.00 bits per heavy atom. The molecule has 1 nitrogen and oxygen atoms in total. The standard InChI is InChI=1S/C38H25NS/c1-2-10-32(11-3-1)39(34-21-18-26-8-4-5-9-28(26)23-34)33-19-16-27(17-20-33)29-14-15-30-25-38-36(24-31(30)22-29)35-12-6-7-13-37(35)40-38/h1-25H. The highest BCUT2D eigenvalue weighted by atomic mass is 32.1. The van der Waals surface area contributed by atoms with E-state index in [4.69, 9.17) is 0 Å². The Hall–Kier alpha value is -4.92. The minimum Gasteiger partial charge on any atom is -0.310 e. The van der Waals surface area contributed by atoms with Crippen molar-refractivity contribution in [1.82, 2.24) is 0 Å². The zero-order chi connectivity index (χ0) is 26.5. The highest BCUT2D eigenvalue weighted by molar-refractivity contribution is 7.25. The van der Waals surface area contributed by atoms with Crippen molar-refractivity contribution in [2.75, 3.05) is 4.90 Å². The molecule has 0 N–H and O–H groups in total. The van der Waals surface area contributed by atoms with Crippen LogP contribution in [0.25, 0.3) is 52.8 Å². The minimum absolute atomic E-state index is 1.14. The van der Waals surface area contributed by atoms with Gasteiger partial charge in [0.25, 0.3) is 0 Å². The zero-order valence-corrected chi connectivity index (χ0v) is 22.6. The molecular formula is C38H25NS. The molecule has 0 bridgehead atoms. The van der Waals surface area contributed by atoms with Gasteiger partial charge in [-0.1, -0.05) is 91.0 Å². The molecule has 0 aliphatic rings. The van der Waals surface area contributed by atoms with Crippen molar-refractivity contribution >= 4 is 70.1 Å². The van der Waals surface area contributed by atoms with Gasteiger partial charge in [0, 0.05) is 37.2 Å². The van der Waals surface area contributed by atoms with Crippen LogP contribution in [-0.2, 0) is 0 Å². The Balaban J connectivity index is 1.20. The third-order valence-electron chi connectivity index (χ3n) is 7.80. The van der Waals surface area contributed by atoms with Gasteiger partial charge in [0.05, 0.1) is 0 Å². The van der Waals surface area contributed by atoms with Crippen LogP contribution in [0.3, 0.4) is 0 Å². The maximum Gasteiger partial charge on any atom is 0.0468 e.